The highest BCUT2D eigenvalue weighted by Gasteiger charge is 2.09. The highest BCUT2D eigenvalue weighted by atomic mass is 79.9. The fourth-order valence-electron chi connectivity index (χ4n) is 1.48. The summed E-state index contributed by atoms with van der Waals surface area (Å²) in [5, 5.41) is 12.2. The number of rotatable bonds is 2. The van der Waals surface area contributed by atoms with Crippen LogP contribution in [-0.2, 0) is 0 Å². The van der Waals surface area contributed by atoms with E-state index in [1.807, 2.05) is 31.2 Å². The molecule has 0 amide bonds. The minimum Gasteiger partial charge on any atom is -0.337 e. The number of benzene rings is 1. The summed E-state index contributed by atoms with van der Waals surface area (Å²) >= 11 is 6.93. The Labute approximate surface area is 122 Å². The van der Waals surface area contributed by atoms with Crippen molar-refractivity contribution in [1.82, 2.24) is 4.98 Å². The average molecular weight is 367 g/mol. The number of halogens is 2. The van der Waals surface area contributed by atoms with Crippen molar-refractivity contribution in [3.63, 3.8) is 0 Å². The van der Waals surface area contributed by atoms with Crippen molar-refractivity contribution in [2.45, 2.75) is 6.92 Å². The van der Waals surface area contributed by atoms with E-state index in [-0.39, 0.29) is 0 Å². The van der Waals surface area contributed by atoms with E-state index in [4.69, 9.17) is 5.26 Å². The smallest absolute Gasteiger partial charge is 0.148 e. The van der Waals surface area contributed by atoms with Gasteiger partial charge in [0.2, 0.25) is 0 Å². The van der Waals surface area contributed by atoms with Crippen molar-refractivity contribution in [2.75, 3.05) is 5.32 Å². The Kier molecular flexibility index (Phi) is 4.00. The number of anilines is 2. The molecule has 0 radical (unpaired) electrons. The molecule has 0 bridgehead atoms. The first kappa shape index (κ1) is 13.1. The Morgan fingerprint density at radius 1 is 1.17 bits per heavy atom. The van der Waals surface area contributed by atoms with Crippen molar-refractivity contribution >= 4 is 43.4 Å². The first-order valence-corrected chi connectivity index (χ1v) is 6.79. The lowest BCUT2D eigenvalue weighted by Crippen LogP contribution is -1.99. The van der Waals surface area contributed by atoms with Gasteiger partial charge in [0.15, 0.2) is 0 Å². The fraction of sp³-hybridized carbons (Fsp3) is 0.0769. The molecule has 5 heteroatoms. The maximum Gasteiger partial charge on any atom is 0.148 e. The zero-order chi connectivity index (χ0) is 13.1. The molecule has 90 valence electrons. The summed E-state index contributed by atoms with van der Waals surface area (Å²) in [5.74, 6) is 0.560. The summed E-state index contributed by atoms with van der Waals surface area (Å²) < 4.78 is 1.81. The molecule has 2 rings (SSSR count). The molecule has 0 atom stereocenters. The maximum atomic E-state index is 9.07. The zero-order valence-electron chi connectivity index (χ0n) is 9.54. The van der Waals surface area contributed by atoms with Crippen LogP contribution in [0.5, 0.6) is 0 Å². The Morgan fingerprint density at radius 3 is 2.44 bits per heavy atom. The third kappa shape index (κ3) is 2.71. The van der Waals surface area contributed by atoms with Crippen LogP contribution in [0, 0.1) is 18.3 Å². The molecule has 0 aliphatic rings. The van der Waals surface area contributed by atoms with Gasteiger partial charge >= 0.3 is 0 Å². The maximum absolute atomic E-state index is 9.07. The molecule has 18 heavy (non-hydrogen) atoms. The first-order valence-electron chi connectivity index (χ1n) is 5.20. The zero-order valence-corrected chi connectivity index (χ0v) is 12.7. The molecule has 0 fully saturated rings. The number of nitrogens with zero attached hydrogens (tertiary/aromatic N) is 2. The SMILES string of the molecule is Cc1ccc(C#N)c(Nc2c(Br)cccc2Br)n1. The lowest BCUT2D eigenvalue weighted by atomic mass is 10.2. The minimum atomic E-state index is 0.517. The van der Waals surface area contributed by atoms with Crippen molar-refractivity contribution in [2.24, 2.45) is 0 Å². The molecule has 0 saturated heterocycles. The van der Waals surface area contributed by atoms with Gasteiger partial charge < -0.3 is 5.32 Å². The highest BCUT2D eigenvalue weighted by molar-refractivity contribution is 9.11. The van der Waals surface area contributed by atoms with Gasteiger partial charge in [-0.3, -0.25) is 0 Å². The van der Waals surface area contributed by atoms with Crippen molar-refractivity contribution in [1.29, 1.82) is 5.26 Å². The van der Waals surface area contributed by atoms with E-state index >= 15 is 0 Å². The second-order valence-corrected chi connectivity index (χ2v) is 5.39. The molecule has 0 unspecified atom stereocenters. The van der Waals surface area contributed by atoms with Crippen LogP contribution in [-0.4, -0.2) is 4.98 Å². The first-order chi connectivity index (χ1) is 8.61. The molecule has 0 spiro atoms. The Bertz CT molecular complexity index is 612. The van der Waals surface area contributed by atoms with Crippen LogP contribution in [0.3, 0.4) is 0 Å². The highest BCUT2D eigenvalue weighted by Crippen LogP contribution is 2.33. The van der Waals surface area contributed by atoms with E-state index in [1.165, 1.54) is 0 Å². The van der Waals surface area contributed by atoms with Gasteiger partial charge in [-0.25, -0.2) is 4.98 Å². The number of hydrogen-bond acceptors (Lipinski definition) is 3. The molecular weight excluding hydrogens is 358 g/mol. The standard InChI is InChI=1S/C13H9Br2N3/c1-8-5-6-9(7-16)13(17-8)18-12-10(14)3-2-4-11(12)15/h2-6H,1H3,(H,17,18). The molecule has 1 aromatic carbocycles. The number of nitriles is 1. The van der Waals surface area contributed by atoms with Crippen LogP contribution in [0.1, 0.15) is 11.3 Å². The molecule has 1 N–H and O–H groups in total. The third-order valence-electron chi connectivity index (χ3n) is 2.36. The third-order valence-corrected chi connectivity index (χ3v) is 3.68. The predicted octanol–water partition coefficient (Wildman–Crippen LogP) is 4.53. The average Bonchev–Trinajstić information content (AvgIpc) is 2.34. The molecule has 0 aliphatic heterocycles. The van der Waals surface area contributed by atoms with E-state index < -0.39 is 0 Å². The quantitative estimate of drug-likeness (QED) is 0.849. The van der Waals surface area contributed by atoms with Gasteiger partial charge in [-0.05, 0) is 63.0 Å². The number of para-hydroxylation sites is 1. The van der Waals surface area contributed by atoms with Crippen LogP contribution in [0.4, 0.5) is 11.5 Å². The van der Waals surface area contributed by atoms with E-state index in [0.29, 0.717) is 11.4 Å². The van der Waals surface area contributed by atoms with Gasteiger partial charge in [0, 0.05) is 14.6 Å². The van der Waals surface area contributed by atoms with E-state index in [9.17, 15) is 0 Å². The summed E-state index contributed by atoms with van der Waals surface area (Å²) in [7, 11) is 0. The molecule has 2 aromatic rings. The molecule has 0 saturated carbocycles. The lowest BCUT2D eigenvalue weighted by Gasteiger charge is -2.11. The Hall–Kier alpha value is -1.38. The van der Waals surface area contributed by atoms with Crippen LogP contribution in [0.15, 0.2) is 39.3 Å². The number of hydrogen-bond donors (Lipinski definition) is 1. The van der Waals surface area contributed by atoms with Gasteiger partial charge in [-0.1, -0.05) is 6.07 Å². The monoisotopic (exact) mass is 365 g/mol. The number of nitrogens with one attached hydrogen (secondary N) is 1. The number of aryl methyl sites for hydroxylation is 1. The molecular formula is C13H9Br2N3. The summed E-state index contributed by atoms with van der Waals surface area (Å²) in [6, 6.07) is 11.5. The van der Waals surface area contributed by atoms with Gasteiger partial charge in [-0.15, -0.1) is 0 Å². The number of aromatic nitrogens is 1. The largest absolute Gasteiger partial charge is 0.337 e. The van der Waals surface area contributed by atoms with Crippen LogP contribution in [0.25, 0.3) is 0 Å². The summed E-state index contributed by atoms with van der Waals surface area (Å²) in [4.78, 5) is 4.35. The predicted molar refractivity (Wildman–Crippen MR) is 78.8 cm³/mol. The Morgan fingerprint density at radius 2 is 1.83 bits per heavy atom. The Balaban J connectivity index is 2.46. The fourth-order valence-corrected chi connectivity index (χ4v) is 2.67. The molecule has 0 aliphatic carbocycles. The van der Waals surface area contributed by atoms with E-state index in [0.717, 1.165) is 20.3 Å². The van der Waals surface area contributed by atoms with Crippen LogP contribution in [0.2, 0.25) is 0 Å². The second-order valence-electron chi connectivity index (χ2n) is 3.68. The van der Waals surface area contributed by atoms with E-state index in [2.05, 4.69) is 48.2 Å². The summed E-state index contributed by atoms with van der Waals surface area (Å²) in [5.41, 5.74) is 2.23. The van der Waals surface area contributed by atoms with Gasteiger partial charge in [-0.2, -0.15) is 5.26 Å². The molecule has 3 nitrogen and oxygen atoms in total. The van der Waals surface area contributed by atoms with Gasteiger partial charge in [0.05, 0.1) is 11.3 Å². The summed E-state index contributed by atoms with van der Waals surface area (Å²) in [6.45, 7) is 1.89. The molecule has 1 heterocycles. The second kappa shape index (κ2) is 5.51. The number of pyridine rings is 1. The van der Waals surface area contributed by atoms with Crippen LogP contribution < -0.4 is 5.32 Å². The van der Waals surface area contributed by atoms with Gasteiger partial charge in [0.1, 0.15) is 11.9 Å². The normalized spacial score (nSPS) is 9.89. The van der Waals surface area contributed by atoms with Gasteiger partial charge in [0.25, 0.3) is 0 Å². The van der Waals surface area contributed by atoms with Crippen LogP contribution >= 0.6 is 31.9 Å². The minimum absolute atomic E-state index is 0.517. The van der Waals surface area contributed by atoms with E-state index in [1.54, 1.807) is 6.07 Å². The van der Waals surface area contributed by atoms with Crippen molar-refractivity contribution < 1.29 is 0 Å². The van der Waals surface area contributed by atoms with Crippen molar-refractivity contribution in [3.8, 4) is 6.07 Å². The molecule has 1 aromatic heterocycles. The summed E-state index contributed by atoms with van der Waals surface area (Å²) in [6.07, 6.45) is 0. The topological polar surface area (TPSA) is 48.7 Å². The lowest BCUT2D eigenvalue weighted by molar-refractivity contribution is 1.18. The van der Waals surface area contributed by atoms with Crippen molar-refractivity contribution in [3.05, 3.63) is 50.5 Å².